The van der Waals surface area contributed by atoms with Crippen LogP contribution in [0.4, 0.5) is 28.8 Å². The number of aryl methyl sites for hydroxylation is 1. The van der Waals surface area contributed by atoms with Gasteiger partial charge in [0.2, 0.25) is 11.9 Å². The molecule has 0 atom stereocenters. The van der Waals surface area contributed by atoms with Crippen molar-refractivity contribution in [1.29, 1.82) is 0 Å². The summed E-state index contributed by atoms with van der Waals surface area (Å²) in [6.45, 7) is 10.9. The fourth-order valence-corrected chi connectivity index (χ4v) is 7.61. The lowest BCUT2D eigenvalue weighted by Crippen LogP contribution is -2.50. The summed E-state index contributed by atoms with van der Waals surface area (Å²) in [6.07, 6.45) is 3.56. The van der Waals surface area contributed by atoms with Crippen LogP contribution < -0.4 is 20.3 Å². The zero-order chi connectivity index (χ0) is 34.0. The first-order chi connectivity index (χ1) is 23.0. The summed E-state index contributed by atoms with van der Waals surface area (Å²) in [7, 11) is 0.458. The van der Waals surface area contributed by atoms with Crippen molar-refractivity contribution < 1.29 is 17.9 Å². The average Bonchev–Trinajstić information content (AvgIpc) is 3.46. The Labute approximate surface area is 283 Å². The SMILES string of the molecule is CCOc1cc(N2CCC(C(=O)N3CCN(C)CC3)CC2)ccc1Nc1nc(Nc2ccccc2S(=O)(=O)C(C)C)c2c(ccn2C)n1. The van der Waals surface area contributed by atoms with Gasteiger partial charge in [-0.15, -0.1) is 0 Å². The third-order valence-electron chi connectivity index (χ3n) is 9.32. The molecule has 0 aliphatic carbocycles. The highest BCUT2D eigenvalue weighted by Gasteiger charge is 2.30. The smallest absolute Gasteiger partial charge is 0.229 e. The second-order valence-electron chi connectivity index (χ2n) is 12.9. The zero-order valence-corrected chi connectivity index (χ0v) is 29.3. The van der Waals surface area contributed by atoms with Crippen molar-refractivity contribution in [1.82, 2.24) is 24.3 Å². The summed E-state index contributed by atoms with van der Waals surface area (Å²) in [5, 5.41) is 6.08. The van der Waals surface area contributed by atoms with Crippen molar-refractivity contribution >= 4 is 55.6 Å². The molecule has 0 unspecified atom stereocenters. The van der Waals surface area contributed by atoms with E-state index in [2.05, 4.69) is 33.5 Å². The maximum atomic E-state index is 13.2. The molecule has 0 radical (unpaired) electrons. The van der Waals surface area contributed by atoms with E-state index < -0.39 is 15.1 Å². The second kappa shape index (κ2) is 14.0. The number of nitrogens with zero attached hydrogens (tertiary/aromatic N) is 6. The van der Waals surface area contributed by atoms with Crippen LogP contribution in [-0.4, -0.2) is 96.8 Å². The molecule has 2 aliphatic heterocycles. The average molecular weight is 675 g/mol. The largest absolute Gasteiger partial charge is 0.492 e. The number of rotatable bonds is 10. The molecule has 2 aliphatic rings. The first-order valence-electron chi connectivity index (χ1n) is 16.7. The van der Waals surface area contributed by atoms with Gasteiger partial charge < -0.3 is 34.6 Å². The van der Waals surface area contributed by atoms with Gasteiger partial charge >= 0.3 is 0 Å². The summed E-state index contributed by atoms with van der Waals surface area (Å²) >= 11 is 0. The Hall–Kier alpha value is -4.36. The maximum absolute atomic E-state index is 13.2. The Morgan fingerprint density at radius 1 is 0.938 bits per heavy atom. The Morgan fingerprint density at radius 2 is 1.67 bits per heavy atom. The van der Waals surface area contributed by atoms with Crippen LogP contribution in [0.3, 0.4) is 0 Å². The molecule has 2 saturated heterocycles. The molecule has 0 bridgehead atoms. The van der Waals surface area contributed by atoms with Gasteiger partial charge in [0, 0.05) is 70.2 Å². The quantitative estimate of drug-likeness (QED) is 0.237. The Bertz CT molecular complexity index is 1880. The predicted octanol–water partition coefficient (Wildman–Crippen LogP) is 5.03. The van der Waals surface area contributed by atoms with Crippen LogP contribution in [0.5, 0.6) is 5.75 Å². The third-order valence-corrected chi connectivity index (χ3v) is 11.5. The van der Waals surface area contributed by atoms with Crippen LogP contribution >= 0.6 is 0 Å². The molecule has 1 amide bonds. The molecule has 2 aromatic carbocycles. The number of carbonyl (C=O) groups is 1. The van der Waals surface area contributed by atoms with Crippen molar-refractivity contribution in [3.05, 3.63) is 54.7 Å². The van der Waals surface area contributed by atoms with Gasteiger partial charge in [0.25, 0.3) is 0 Å². The highest BCUT2D eigenvalue weighted by molar-refractivity contribution is 7.92. The number of piperazine rings is 1. The Kier molecular flexibility index (Phi) is 9.79. The Morgan fingerprint density at radius 3 is 2.38 bits per heavy atom. The summed E-state index contributed by atoms with van der Waals surface area (Å²) < 4.78 is 34.3. The number of amides is 1. The molecule has 12 nitrogen and oxygen atoms in total. The number of fused-ring (bicyclic) bond motifs is 1. The molecule has 48 heavy (non-hydrogen) atoms. The molecule has 0 saturated carbocycles. The first kappa shape index (κ1) is 33.5. The van der Waals surface area contributed by atoms with E-state index in [4.69, 9.17) is 14.7 Å². The van der Waals surface area contributed by atoms with E-state index in [9.17, 15) is 13.2 Å². The molecule has 13 heteroatoms. The number of nitrogens with one attached hydrogen (secondary N) is 2. The van der Waals surface area contributed by atoms with Crippen molar-refractivity contribution in [2.75, 3.05) is 68.5 Å². The molecule has 4 heterocycles. The third kappa shape index (κ3) is 6.93. The van der Waals surface area contributed by atoms with Crippen LogP contribution in [0.25, 0.3) is 11.0 Å². The second-order valence-corrected chi connectivity index (χ2v) is 15.4. The van der Waals surface area contributed by atoms with Crippen LogP contribution in [0.2, 0.25) is 0 Å². The van der Waals surface area contributed by atoms with Gasteiger partial charge in [-0.1, -0.05) is 12.1 Å². The number of para-hydroxylation sites is 1. The zero-order valence-electron chi connectivity index (χ0n) is 28.4. The lowest BCUT2D eigenvalue weighted by molar-refractivity contribution is -0.137. The van der Waals surface area contributed by atoms with E-state index >= 15 is 0 Å². The van der Waals surface area contributed by atoms with Crippen molar-refractivity contribution in [2.45, 2.75) is 43.8 Å². The summed E-state index contributed by atoms with van der Waals surface area (Å²) in [6, 6.07) is 14.8. The highest BCUT2D eigenvalue weighted by atomic mass is 32.2. The van der Waals surface area contributed by atoms with Crippen LogP contribution in [-0.2, 0) is 21.7 Å². The number of hydrogen-bond donors (Lipinski definition) is 2. The number of likely N-dealkylation sites (N-methyl/N-ethyl adjacent to an activating group) is 1. The van der Waals surface area contributed by atoms with Gasteiger partial charge in [0.05, 0.1) is 33.6 Å². The maximum Gasteiger partial charge on any atom is 0.229 e. The van der Waals surface area contributed by atoms with Gasteiger partial charge in [-0.05, 0) is 71.0 Å². The number of ether oxygens (including phenoxy) is 1. The standard InChI is InChI=1S/C35H46N8O4S/c1-6-47-30-23-26(42-17-13-25(14-18-42)34(44)43-21-19-40(4)20-22-43)11-12-27(30)37-35-38-29-15-16-41(5)32(29)33(39-35)36-28-9-7-8-10-31(28)48(45,46)24(2)3/h7-12,15-16,23-25H,6,13-14,17-22H2,1-5H3,(H2,36,37,38,39). The molecule has 2 N–H and O–H groups in total. The minimum atomic E-state index is -3.55. The molecule has 256 valence electrons. The molecule has 0 spiro atoms. The summed E-state index contributed by atoms with van der Waals surface area (Å²) in [5.74, 6) is 1.86. The molecule has 4 aromatic rings. The number of piperidine rings is 1. The van der Waals surface area contributed by atoms with Gasteiger partial charge in [-0.2, -0.15) is 4.98 Å². The minimum absolute atomic E-state index is 0.0715. The van der Waals surface area contributed by atoms with E-state index in [1.807, 2.05) is 47.8 Å². The van der Waals surface area contributed by atoms with Crippen molar-refractivity contribution in [3.8, 4) is 5.75 Å². The highest BCUT2D eigenvalue weighted by Crippen LogP contribution is 2.36. The molecule has 2 fully saturated rings. The topological polar surface area (TPSA) is 125 Å². The van der Waals surface area contributed by atoms with Crippen LogP contribution in [0.15, 0.2) is 59.6 Å². The normalized spacial score (nSPS) is 16.5. The van der Waals surface area contributed by atoms with Gasteiger partial charge in [-0.3, -0.25) is 4.79 Å². The molecular weight excluding hydrogens is 629 g/mol. The number of anilines is 5. The molecule has 6 rings (SSSR count). The van der Waals surface area contributed by atoms with Gasteiger partial charge in [0.1, 0.15) is 11.3 Å². The summed E-state index contributed by atoms with van der Waals surface area (Å²) in [5.41, 5.74) is 3.65. The number of carbonyl (C=O) groups excluding carboxylic acids is 1. The van der Waals surface area contributed by atoms with Gasteiger partial charge in [-0.25, -0.2) is 13.4 Å². The van der Waals surface area contributed by atoms with E-state index in [-0.39, 0.29) is 10.8 Å². The van der Waals surface area contributed by atoms with Crippen LogP contribution in [0, 0.1) is 5.92 Å². The molecule has 2 aromatic heterocycles. The summed E-state index contributed by atoms with van der Waals surface area (Å²) in [4.78, 5) is 29.6. The van der Waals surface area contributed by atoms with E-state index in [0.717, 1.165) is 63.3 Å². The fourth-order valence-electron chi connectivity index (χ4n) is 6.41. The first-order valence-corrected chi connectivity index (χ1v) is 18.3. The number of sulfone groups is 1. The lowest BCUT2D eigenvalue weighted by atomic mass is 9.94. The lowest BCUT2D eigenvalue weighted by Gasteiger charge is -2.38. The van der Waals surface area contributed by atoms with E-state index in [1.54, 1.807) is 38.1 Å². The number of aromatic nitrogens is 3. The number of hydrogen-bond acceptors (Lipinski definition) is 10. The van der Waals surface area contributed by atoms with Gasteiger partial charge in [0.15, 0.2) is 15.7 Å². The van der Waals surface area contributed by atoms with Crippen molar-refractivity contribution in [3.63, 3.8) is 0 Å². The Balaban J connectivity index is 1.22. The minimum Gasteiger partial charge on any atom is -0.492 e. The monoisotopic (exact) mass is 674 g/mol. The molecular formula is C35H46N8O4S. The van der Waals surface area contributed by atoms with Crippen LogP contribution in [0.1, 0.15) is 33.6 Å². The fraction of sp³-hybridized carbons (Fsp3) is 0.457. The van der Waals surface area contributed by atoms with Crippen molar-refractivity contribution in [2.24, 2.45) is 13.0 Å². The van der Waals surface area contributed by atoms with E-state index in [1.165, 1.54) is 0 Å². The van der Waals surface area contributed by atoms with E-state index in [0.29, 0.717) is 46.9 Å². The number of benzene rings is 2. The predicted molar refractivity (Wildman–Crippen MR) is 190 cm³/mol.